The largest absolute Gasteiger partial charge is 0.314 e. The second-order valence-electron chi connectivity index (χ2n) is 6.32. The van der Waals surface area contributed by atoms with Gasteiger partial charge in [0.1, 0.15) is 0 Å². The first-order chi connectivity index (χ1) is 8.25. The van der Waals surface area contributed by atoms with Gasteiger partial charge < -0.3 is 10.6 Å². The molecule has 2 aliphatic rings. The SMILES string of the molecule is CC(CC1CCCCN1)NC1CCCCC1C. The molecular weight excluding hydrogens is 208 g/mol. The third-order valence-electron chi connectivity index (χ3n) is 4.66. The first-order valence-electron chi connectivity index (χ1n) is 7.75. The molecule has 4 atom stereocenters. The van der Waals surface area contributed by atoms with Crippen LogP contribution in [0.5, 0.6) is 0 Å². The Morgan fingerprint density at radius 2 is 1.88 bits per heavy atom. The van der Waals surface area contributed by atoms with Gasteiger partial charge in [-0.15, -0.1) is 0 Å². The van der Waals surface area contributed by atoms with Gasteiger partial charge in [0, 0.05) is 18.1 Å². The molecular formula is C15H30N2. The van der Waals surface area contributed by atoms with Crippen molar-refractivity contribution in [3.8, 4) is 0 Å². The van der Waals surface area contributed by atoms with Crippen LogP contribution < -0.4 is 10.6 Å². The lowest BCUT2D eigenvalue weighted by molar-refractivity contribution is 0.245. The Labute approximate surface area is 107 Å². The summed E-state index contributed by atoms with van der Waals surface area (Å²) in [7, 11) is 0. The van der Waals surface area contributed by atoms with Gasteiger partial charge in [-0.3, -0.25) is 0 Å². The summed E-state index contributed by atoms with van der Waals surface area (Å²) in [6.07, 6.45) is 11.2. The predicted octanol–water partition coefficient (Wildman–Crippen LogP) is 3.08. The summed E-state index contributed by atoms with van der Waals surface area (Å²) in [6, 6.07) is 2.23. The van der Waals surface area contributed by atoms with E-state index >= 15 is 0 Å². The first kappa shape index (κ1) is 13.4. The van der Waals surface area contributed by atoms with Gasteiger partial charge in [-0.05, 0) is 51.5 Å². The maximum absolute atomic E-state index is 3.88. The molecule has 1 aliphatic heterocycles. The normalized spacial score (nSPS) is 36.7. The van der Waals surface area contributed by atoms with Crippen molar-refractivity contribution in [2.24, 2.45) is 5.92 Å². The molecule has 0 bridgehead atoms. The fraction of sp³-hybridized carbons (Fsp3) is 1.00. The fourth-order valence-corrected chi connectivity index (χ4v) is 3.55. The van der Waals surface area contributed by atoms with Crippen molar-refractivity contribution in [2.45, 2.75) is 83.3 Å². The lowest BCUT2D eigenvalue weighted by Gasteiger charge is -2.34. The van der Waals surface area contributed by atoms with Crippen molar-refractivity contribution in [1.29, 1.82) is 0 Å². The van der Waals surface area contributed by atoms with E-state index in [1.54, 1.807) is 0 Å². The lowest BCUT2D eigenvalue weighted by Crippen LogP contribution is -2.46. The average Bonchev–Trinajstić information content (AvgIpc) is 2.33. The van der Waals surface area contributed by atoms with Gasteiger partial charge in [-0.2, -0.15) is 0 Å². The van der Waals surface area contributed by atoms with E-state index in [0.29, 0.717) is 6.04 Å². The molecule has 0 aromatic rings. The fourth-order valence-electron chi connectivity index (χ4n) is 3.55. The number of rotatable bonds is 4. The van der Waals surface area contributed by atoms with Gasteiger partial charge in [-0.1, -0.05) is 26.2 Å². The smallest absolute Gasteiger partial charge is 0.00951 e. The van der Waals surface area contributed by atoms with Crippen LogP contribution >= 0.6 is 0 Å². The Morgan fingerprint density at radius 1 is 1.12 bits per heavy atom. The Bertz CT molecular complexity index is 211. The van der Waals surface area contributed by atoms with Crippen LogP contribution in [0.3, 0.4) is 0 Å². The molecule has 0 amide bonds. The number of hydrogen-bond donors (Lipinski definition) is 2. The third kappa shape index (κ3) is 4.26. The van der Waals surface area contributed by atoms with Crippen LogP contribution in [0.15, 0.2) is 0 Å². The highest BCUT2D eigenvalue weighted by molar-refractivity contribution is 4.83. The second kappa shape index (κ2) is 6.75. The van der Waals surface area contributed by atoms with E-state index in [1.807, 2.05) is 0 Å². The number of piperidine rings is 1. The van der Waals surface area contributed by atoms with Gasteiger partial charge in [0.25, 0.3) is 0 Å². The summed E-state index contributed by atoms with van der Waals surface area (Å²) < 4.78 is 0. The summed E-state index contributed by atoms with van der Waals surface area (Å²) in [6.45, 7) is 6.03. The maximum Gasteiger partial charge on any atom is 0.00951 e. The second-order valence-corrected chi connectivity index (χ2v) is 6.32. The molecule has 100 valence electrons. The minimum Gasteiger partial charge on any atom is -0.314 e. The summed E-state index contributed by atoms with van der Waals surface area (Å²) in [5.74, 6) is 0.880. The van der Waals surface area contributed by atoms with Gasteiger partial charge in [0.2, 0.25) is 0 Å². The van der Waals surface area contributed by atoms with Crippen LogP contribution in [0.25, 0.3) is 0 Å². The molecule has 17 heavy (non-hydrogen) atoms. The molecule has 2 heteroatoms. The minimum absolute atomic E-state index is 0.677. The Balaban J connectivity index is 1.70. The van der Waals surface area contributed by atoms with Crippen LogP contribution in [0.1, 0.15) is 65.2 Å². The Kier molecular flexibility index (Phi) is 5.30. The highest BCUT2D eigenvalue weighted by atomic mass is 15.0. The van der Waals surface area contributed by atoms with Crippen LogP contribution in [-0.4, -0.2) is 24.7 Å². The molecule has 0 aromatic heterocycles. The number of hydrogen-bond acceptors (Lipinski definition) is 2. The molecule has 1 heterocycles. The summed E-state index contributed by atoms with van der Waals surface area (Å²) in [4.78, 5) is 0. The van der Waals surface area contributed by atoms with E-state index in [9.17, 15) is 0 Å². The molecule has 4 unspecified atom stereocenters. The molecule has 1 saturated carbocycles. The first-order valence-corrected chi connectivity index (χ1v) is 7.75. The third-order valence-corrected chi connectivity index (χ3v) is 4.66. The Hall–Kier alpha value is -0.0800. The molecule has 2 nitrogen and oxygen atoms in total. The molecule has 1 aliphatic carbocycles. The van der Waals surface area contributed by atoms with Gasteiger partial charge in [-0.25, -0.2) is 0 Å². The van der Waals surface area contributed by atoms with Crippen LogP contribution in [0.4, 0.5) is 0 Å². The van der Waals surface area contributed by atoms with Gasteiger partial charge in [0.15, 0.2) is 0 Å². The molecule has 0 radical (unpaired) electrons. The van der Waals surface area contributed by atoms with Crippen LogP contribution in [0, 0.1) is 5.92 Å². The van der Waals surface area contributed by atoms with E-state index in [0.717, 1.165) is 18.0 Å². The average molecular weight is 238 g/mol. The van der Waals surface area contributed by atoms with Crippen molar-refractivity contribution >= 4 is 0 Å². The number of nitrogens with one attached hydrogen (secondary N) is 2. The summed E-state index contributed by atoms with van der Waals surface area (Å²) in [5, 5.41) is 7.53. The standard InChI is InChI=1S/C15H30N2/c1-12-7-3-4-9-15(12)17-13(2)11-14-8-5-6-10-16-14/h12-17H,3-11H2,1-2H3. The molecule has 2 N–H and O–H groups in total. The highest BCUT2D eigenvalue weighted by Gasteiger charge is 2.23. The predicted molar refractivity (Wildman–Crippen MR) is 74.3 cm³/mol. The summed E-state index contributed by atoms with van der Waals surface area (Å²) in [5.41, 5.74) is 0. The summed E-state index contributed by atoms with van der Waals surface area (Å²) >= 11 is 0. The van der Waals surface area contributed by atoms with Crippen LogP contribution in [0.2, 0.25) is 0 Å². The van der Waals surface area contributed by atoms with Crippen molar-refractivity contribution in [3.05, 3.63) is 0 Å². The van der Waals surface area contributed by atoms with Gasteiger partial charge >= 0.3 is 0 Å². The topological polar surface area (TPSA) is 24.1 Å². The van der Waals surface area contributed by atoms with Gasteiger partial charge in [0.05, 0.1) is 0 Å². The van der Waals surface area contributed by atoms with E-state index in [-0.39, 0.29) is 0 Å². The van der Waals surface area contributed by atoms with E-state index in [2.05, 4.69) is 24.5 Å². The van der Waals surface area contributed by atoms with E-state index in [4.69, 9.17) is 0 Å². The van der Waals surface area contributed by atoms with E-state index in [1.165, 1.54) is 57.9 Å². The van der Waals surface area contributed by atoms with E-state index < -0.39 is 0 Å². The molecule has 0 spiro atoms. The van der Waals surface area contributed by atoms with Crippen molar-refractivity contribution < 1.29 is 0 Å². The molecule has 2 fully saturated rings. The highest BCUT2D eigenvalue weighted by Crippen LogP contribution is 2.24. The zero-order valence-electron chi connectivity index (χ0n) is 11.7. The molecule has 1 saturated heterocycles. The lowest BCUT2D eigenvalue weighted by atomic mass is 9.85. The van der Waals surface area contributed by atoms with Crippen molar-refractivity contribution in [2.75, 3.05) is 6.54 Å². The quantitative estimate of drug-likeness (QED) is 0.786. The minimum atomic E-state index is 0.677. The Morgan fingerprint density at radius 3 is 2.59 bits per heavy atom. The van der Waals surface area contributed by atoms with Crippen LogP contribution in [-0.2, 0) is 0 Å². The molecule has 0 aromatic carbocycles. The molecule has 2 rings (SSSR count). The monoisotopic (exact) mass is 238 g/mol. The van der Waals surface area contributed by atoms with Crippen molar-refractivity contribution in [3.63, 3.8) is 0 Å². The zero-order valence-corrected chi connectivity index (χ0v) is 11.7. The van der Waals surface area contributed by atoms with Crippen molar-refractivity contribution in [1.82, 2.24) is 10.6 Å². The maximum atomic E-state index is 3.88. The zero-order chi connectivity index (χ0) is 12.1.